The minimum Gasteiger partial charge on any atom is -0.460 e. The molecule has 1 N–H and O–H groups in total. The van der Waals surface area contributed by atoms with Crippen LogP contribution in [-0.2, 0) is 9.53 Å². The van der Waals surface area contributed by atoms with Crippen molar-refractivity contribution in [3.05, 3.63) is 25.3 Å². The third-order valence-corrected chi connectivity index (χ3v) is 4.45. The normalized spacial score (nSPS) is 24.7. The Labute approximate surface area is 135 Å². The molecule has 0 amide bonds. The van der Waals surface area contributed by atoms with Gasteiger partial charge in [-0.25, -0.2) is 0 Å². The highest BCUT2D eigenvalue weighted by Gasteiger charge is 2.30. The number of aliphatic hydroxyl groups excluding tert-OH is 1. The van der Waals surface area contributed by atoms with E-state index in [1.54, 1.807) is 0 Å². The summed E-state index contributed by atoms with van der Waals surface area (Å²) >= 11 is 0. The third kappa shape index (κ3) is 7.79. The number of esters is 1. The zero-order chi connectivity index (χ0) is 16.2. The number of hydrogen-bond acceptors (Lipinski definition) is 3. The molecule has 0 saturated heterocycles. The van der Waals surface area contributed by atoms with E-state index >= 15 is 0 Å². The van der Waals surface area contributed by atoms with Gasteiger partial charge in [0.25, 0.3) is 0 Å². The van der Waals surface area contributed by atoms with Gasteiger partial charge in [-0.05, 0) is 44.4 Å². The zero-order valence-electron chi connectivity index (χ0n) is 13.8. The lowest BCUT2D eigenvalue weighted by Gasteiger charge is -2.31. The minimum atomic E-state index is -0.509. The molecule has 0 aromatic carbocycles. The smallest absolute Gasteiger partial charge is 0.306 e. The molecule has 3 nitrogen and oxygen atoms in total. The summed E-state index contributed by atoms with van der Waals surface area (Å²) in [5.74, 6) is 0.192. The zero-order valence-corrected chi connectivity index (χ0v) is 13.8. The molecule has 3 heteroatoms. The first-order valence-corrected chi connectivity index (χ1v) is 8.78. The average molecular weight is 308 g/mol. The van der Waals surface area contributed by atoms with Crippen molar-refractivity contribution in [3.63, 3.8) is 0 Å². The molecule has 0 aromatic rings. The standard InChI is InChI=1S/C19H32O3/c1-3-5-6-7-8-9-10-11-12-19(21)22-18-15-16(4-2)13-14-17(18)20/h3-4,16-18,20H,1-2,5-15H2. The van der Waals surface area contributed by atoms with Crippen LogP contribution >= 0.6 is 0 Å². The van der Waals surface area contributed by atoms with Gasteiger partial charge in [-0.2, -0.15) is 0 Å². The molecule has 1 rings (SSSR count). The summed E-state index contributed by atoms with van der Waals surface area (Å²) in [5, 5.41) is 9.93. The molecule has 0 spiro atoms. The van der Waals surface area contributed by atoms with Crippen LogP contribution in [0, 0.1) is 5.92 Å². The molecule has 1 fully saturated rings. The van der Waals surface area contributed by atoms with Gasteiger partial charge in [0.2, 0.25) is 0 Å². The molecule has 1 aliphatic carbocycles. The number of unbranched alkanes of at least 4 members (excludes halogenated alkanes) is 6. The summed E-state index contributed by atoms with van der Waals surface area (Å²) in [6.07, 6.45) is 13.7. The van der Waals surface area contributed by atoms with E-state index in [9.17, 15) is 9.90 Å². The molecule has 0 radical (unpaired) electrons. The number of rotatable bonds is 11. The van der Waals surface area contributed by atoms with Gasteiger partial charge in [0.1, 0.15) is 6.10 Å². The van der Waals surface area contributed by atoms with Crippen molar-refractivity contribution in [1.82, 2.24) is 0 Å². The Balaban J connectivity index is 2.07. The minimum absolute atomic E-state index is 0.166. The van der Waals surface area contributed by atoms with Crippen LogP contribution in [0.5, 0.6) is 0 Å². The molecule has 0 aromatic heterocycles. The van der Waals surface area contributed by atoms with Gasteiger partial charge >= 0.3 is 5.97 Å². The Hall–Kier alpha value is -1.09. The van der Waals surface area contributed by atoms with E-state index < -0.39 is 6.10 Å². The molecule has 126 valence electrons. The second kappa shape index (κ2) is 11.5. The van der Waals surface area contributed by atoms with E-state index in [1.165, 1.54) is 25.7 Å². The van der Waals surface area contributed by atoms with Gasteiger partial charge in [0.05, 0.1) is 6.10 Å². The summed E-state index contributed by atoms with van der Waals surface area (Å²) in [5.41, 5.74) is 0. The Kier molecular flexibility index (Phi) is 9.89. The molecule has 1 aliphatic rings. The van der Waals surface area contributed by atoms with E-state index in [-0.39, 0.29) is 12.1 Å². The fourth-order valence-corrected chi connectivity index (χ4v) is 2.98. The van der Waals surface area contributed by atoms with Crippen LogP contribution in [-0.4, -0.2) is 23.3 Å². The number of ether oxygens (including phenoxy) is 1. The van der Waals surface area contributed by atoms with Crippen molar-refractivity contribution in [2.45, 2.75) is 82.8 Å². The summed E-state index contributed by atoms with van der Waals surface area (Å²) < 4.78 is 5.45. The highest BCUT2D eigenvalue weighted by molar-refractivity contribution is 5.69. The highest BCUT2D eigenvalue weighted by Crippen LogP contribution is 2.27. The van der Waals surface area contributed by atoms with E-state index in [1.807, 2.05) is 12.2 Å². The van der Waals surface area contributed by atoms with Crippen LogP contribution in [0.15, 0.2) is 25.3 Å². The Morgan fingerprint density at radius 1 is 1.09 bits per heavy atom. The Bertz CT molecular complexity index is 338. The van der Waals surface area contributed by atoms with E-state index in [2.05, 4.69) is 13.2 Å². The van der Waals surface area contributed by atoms with Gasteiger partial charge in [-0.15, -0.1) is 13.2 Å². The van der Waals surface area contributed by atoms with Crippen molar-refractivity contribution in [2.75, 3.05) is 0 Å². The van der Waals surface area contributed by atoms with E-state index in [0.717, 1.165) is 25.7 Å². The van der Waals surface area contributed by atoms with Crippen LogP contribution in [0.2, 0.25) is 0 Å². The van der Waals surface area contributed by atoms with Crippen molar-refractivity contribution >= 4 is 5.97 Å². The number of aliphatic hydroxyl groups is 1. The first-order valence-electron chi connectivity index (χ1n) is 8.78. The molecule has 0 aliphatic heterocycles. The second-order valence-electron chi connectivity index (χ2n) is 6.35. The maximum absolute atomic E-state index is 11.9. The van der Waals surface area contributed by atoms with Crippen molar-refractivity contribution < 1.29 is 14.6 Å². The summed E-state index contributed by atoms with van der Waals surface area (Å²) in [6.45, 7) is 7.51. The fraction of sp³-hybridized carbons (Fsp3) is 0.737. The topological polar surface area (TPSA) is 46.5 Å². The van der Waals surface area contributed by atoms with Crippen molar-refractivity contribution in [3.8, 4) is 0 Å². The molecular weight excluding hydrogens is 276 g/mol. The number of hydrogen-bond donors (Lipinski definition) is 1. The first kappa shape index (κ1) is 19.0. The molecular formula is C19H32O3. The second-order valence-corrected chi connectivity index (χ2v) is 6.35. The molecule has 22 heavy (non-hydrogen) atoms. The van der Waals surface area contributed by atoms with Crippen LogP contribution < -0.4 is 0 Å². The average Bonchev–Trinajstić information content (AvgIpc) is 2.52. The molecule has 3 unspecified atom stereocenters. The number of carbonyl (C=O) groups excluding carboxylic acids is 1. The largest absolute Gasteiger partial charge is 0.460 e. The van der Waals surface area contributed by atoms with Crippen LogP contribution in [0.25, 0.3) is 0 Å². The van der Waals surface area contributed by atoms with E-state index in [4.69, 9.17) is 4.74 Å². The molecule has 0 heterocycles. The Morgan fingerprint density at radius 2 is 1.77 bits per heavy atom. The lowest BCUT2D eigenvalue weighted by atomic mass is 9.85. The quantitative estimate of drug-likeness (QED) is 0.346. The van der Waals surface area contributed by atoms with Crippen LogP contribution in [0.4, 0.5) is 0 Å². The predicted molar refractivity (Wildman–Crippen MR) is 90.6 cm³/mol. The maximum atomic E-state index is 11.9. The fourth-order valence-electron chi connectivity index (χ4n) is 2.98. The number of allylic oxidation sites excluding steroid dienone is 2. The summed E-state index contributed by atoms with van der Waals surface area (Å²) in [7, 11) is 0. The lowest BCUT2D eigenvalue weighted by molar-refractivity contribution is -0.158. The van der Waals surface area contributed by atoms with Gasteiger partial charge < -0.3 is 9.84 Å². The van der Waals surface area contributed by atoms with Gasteiger partial charge in [0.15, 0.2) is 0 Å². The summed E-state index contributed by atoms with van der Waals surface area (Å²) in [6, 6.07) is 0. The molecule has 3 atom stereocenters. The SMILES string of the molecule is C=CCCCCCCCCC(=O)OC1CC(C=C)CCC1O. The van der Waals surface area contributed by atoms with Crippen LogP contribution in [0.1, 0.15) is 70.6 Å². The van der Waals surface area contributed by atoms with Gasteiger partial charge in [-0.3, -0.25) is 4.79 Å². The molecule has 1 saturated carbocycles. The molecule has 0 bridgehead atoms. The van der Waals surface area contributed by atoms with Crippen molar-refractivity contribution in [2.24, 2.45) is 5.92 Å². The first-order chi connectivity index (χ1) is 10.7. The predicted octanol–water partition coefficient (Wildman–Crippen LogP) is 4.55. The monoisotopic (exact) mass is 308 g/mol. The summed E-state index contributed by atoms with van der Waals surface area (Å²) in [4.78, 5) is 11.9. The van der Waals surface area contributed by atoms with E-state index in [0.29, 0.717) is 25.2 Å². The van der Waals surface area contributed by atoms with Crippen LogP contribution in [0.3, 0.4) is 0 Å². The lowest BCUT2D eigenvalue weighted by Crippen LogP contribution is -2.37. The Morgan fingerprint density at radius 3 is 2.45 bits per heavy atom. The van der Waals surface area contributed by atoms with Gasteiger partial charge in [-0.1, -0.05) is 37.8 Å². The van der Waals surface area contributed by atoms with Crippen molar-refractivity contribution in [1.29, 1.82) is 0 Å². The highest BCUT2D eigenvalue weighted by atomic mass is 16.6. The maximum Gasteiger partial charge on any atom is 0.306 e. The number of carbonyl (C=O) groups is 1. The van der Waals surface area contributed by atoms with Gasteiger partial charge in [0, 0.05) is 6.42 Å². The third-order valence-electron chi connectivity index (χ3n) is 4.45.